The molecule has 0 radical (unpaired) electrons. The van der Waals surface area contributed by atoms with E-state index in [9.17, 15) is 57.5 Å². The molecule has 8 aromatic carbocycles. The first-order chi connectivity index (χ1) is 34.9. The molecule has 0 unspecified atom stereocenters. The van der Waals surface area contributed by atoms with Crippen LogP contribution in [0, 0.1) is 116 Å². The Morgan fingerprint density at radius 3 is 0.784 bits per heavy atom. The molecule has 0 amide bonds. The highest BCUT2D eigenvalue weighted by Crippen LogP contribution is 2.55. The number of Topliss-reactive ketones (excluding diaryl/α,β-unsaturated/α-hetero) is 1. The lowest BCUT2D eigenvalue weighted by Crippen LogP contribution is -2.81. The number of halogens is 20. The van der Waals surface area contributed by atoms with Crippen LogP contribution in [0.5, 0.6) is 0 Å². The zero-order valence-corrected chi connectivity index (χ0v) is 37.9. The molecule has 1 nitrogen and oxygen atoms in total. The minimum absolute atomic E-state index is 0.144. The first-order valence-corrected chi connectivity index (χ1v) is 22.9. The first kappa shape index (κ1) is 54.6. The Balaban J connectivity index is 0.000000237. The number of ketones is 1. The van der Waals surface area contributed by atoms with E-state index in [-0.39, 0.29) is 5.78 Å². The van der Waals surface area contributed by atoms with Gasteiger partial charge in [0.2, 0.25) is 5.78 Å². The van der Waals surface area contributed by atoms with Gasteiger partial charge in [-0.15, -0.1) is 34.5 Å². The van der Waals surface area contributed by atoms with Crippen LogP contribution in [0.3, 0.4) is 0 Å². The van der Waals surface area contributed by atoms with Crippen molar-refractivity contribution in [3.8, 4) is 0 Å². The molecule has 8 rings (SSSR count). The summed E-state index contributed by atoms with van der Waals surface area (Å²) >= 11 is 4.43. The van der Waals surface area contributed by atoms with Crippen LogP contribution in [-0.4, -0.2) is 18.1 Å². The molecule has 0 atom stereocenters. The lowest BCUT2D eigenvalue weighted by Gasteiger charge is -2.44. The van der Waals surface area contributed by atoms with Crippen molar-refractivity contribution in [2.45, 2.75) is 4.90 Å². The van der Waals surface area contributed by atoms with E-state index in [4.69, 9.17) is 0 Å². The van der Waals surface area contributed by atoms with Gasteiger partial charge in [-0.25, -0.2) is 87.8 Å². The maximum atomic E-state index is 15.4. The highest BCUT2D eigenvalue weighted by Gasteiger charge is 2.53. The van der Waals surface area contributed by atoms with E-state index >= 15 is 35.1 Å². The van der Waals surface area contributed by atoms with Crippen LogP contribution in [0.25, 0.3) is 0 Å². The van der Waals surface area contributed by atoms with Gasteiger partial charge in [0, 0.05) is 10.5 Å². The molecule has 0 saturated heterocycles. The zero-order chi connectivity index (χ0) is 54.5. The van der Waals surface area contributed by atoms with E-state index in [1.54, 1.807) is 0 Å². The summed E-state index contributed by atoms with van der Waals surface area (Å²) in [6.07, 6.45) is -6.77. The highest BCUT2D eigenvalue weighted by atomic mass is 32.1. The summed E-state index contributed by atoms with van der Waals surface area (Å²) in [5.74, 6) is -71.3. The summed E-state index contributed by atoms with van der Waals surface area (Å²) in [6, 6.07) is 39.0. The second-order valence-electron chi connectivity index (χ2n) is 15.7. The minimum Gasteiger partial charge on any atom is -0.290 e. The van der Waals surface area contributed by atoms with Gasteiger partial charge in [-0.2, -0.15) is 0 Å². The molecular weight excluding hydrogens is 1070 g/mol. The van der Waals surface area contributed by atoms with Gasteiger partial charge in [0.25, 0.3) is 0 Å². The summed E-state index contributed by atoms with van der Waals surface area (Å²) in [4.78, 5) is 14.3. The fourth-order valence-corrected chi connectivity index (χ4v) is 13.0. The standard InChI is InChI=1S/C26H21OPS.C24BF20/c27-26(21-11-10-18-25(29)19-21)20-28(22-12-4-1-5-13-22,23-14-6-2-7-15-23)24-16-8-3-9-17-24;26-5-1(6(27)14(35)21(42)13(5)34)25(2-7(28)15(36)22(43)16(37)8(2)29,3-9(30)17(38)23(44)18(39)10(3)31)4-11(32)19(40)24(45)20(41)12(4)33/h1-19H,20H2;/q;-1/p+1. The van der Waals surface area contributed by atoms with Crippen LogP contribution in [0.4, 0.5) is 87.8 Å². The Hall–Kier alpha value is -7.13. The number of carbonyl (C=O) groups is 1. The Bertz CT molecular complexity index is 3040. The van der Waals surface area contributed by atoms with Gasteiger partial charge in [-0.05, 0) is 48.5 Å². The Labute approximate surface area is 409 Å². The van der Waals surface area contributed by atoms with Crippen LogP contribution in [0.1, 0.15) is 10.4 Å². The fourth-order valence-electron chi connectivity index (χ4n) is 8.63. The average molecular weight is 1090 g/mol. The van der Waals surface area contributed by atoms with Crippen LogP contribution in [0.2, 0.25) is 0 Å². The normalized spacial score (nSPS) is 11.7. The molecule has 0 heterocycles. The second-order valence-corrected chi connectivity index (χ2v) is 19.7. The first-order valence-electron chi connectivity index (χ1n) is 20.5. The summed E-state index contributed by atoms with van der Waals surface area (Å²) < 4.78 is 294. The number of hydrogen-bond acceptors (Lipinski definition) is 2. The van der Waals surface area contributed by atoms with Gasteiger partial charge >= 0.3 is 0 Å². The lowest BCUT2D eigenvalue weighted by atomic mass is 9.12. The molecule has 0 aliphatic rings. The number of thiol groups is 1. The van der Waals surface area contributed by atoms with Crippen molar-refractivity contribution in [2.75, 3.05) is 6.16 Å². The largest absolute Gasteiger partial charge is 0.290 e. The molecule has 382 valence electrons. The van der Waals surface area contributed by atoms with Gasteiger partial charge < -0.3 is 0 Å². The third kappa shape index (κ3) is 8.76. The van der Waals surface area contributed by atoms with E-state index in [2.05, 4.69) is 85.4 Å². The third-order valence-corrected chi connectivity index (χ3v) is 16.4. The number of benzene rings is 8. The molecule has 0 N–H and O–H groups in total. The summed E-state index contributed by atoms with van der Waals surface area (Å²) in [5, 5.41) is 3.65. The van der Waals surface area contributed by atoms with Gasteiger partial charge in [0.1, 0.15) is 82.0 Å². The van der Waals surface area contributed by atoms with Crippen LogP contribution >= 0.6 is 19.9 Å². The van der Waals surface area contributed by atoms with E-state index in [0.717, 1.165) is 4.90 Å². The monoisotopic (exact) mass is 1090 g/mol. The second kappa shape index (κ2) is 21.0. The number of rotatable bonds is 10. The number of carbonyl (C=O) groups excluding carboxylic acids is 1. The van der Waals surface area contributed by atoms with Gasteiger partial charge in [-0.1, -0.05) is 66.7 Å². The molecule has 24 heteroatoms. The van der Waals surface area contributed by atoms with Crippen molar-refractivity contribution in [3.05, 3.63) is 237 Å². The summed E-state index contributed by atoms with van der Waals surface area (Å²) in [5.41, 5.74) is -13.6. The van der Waals surface area contributed by atoms with E-state index in [0.29, 0.717) is 11.7 Å². The van der Waals surface area contributed by atoms with Crippen molar-refractivity contribution in [3.63, 3.8) is 0 Å². The highest BCUT2D eigenvalue weighted by molar-refractivity contribution is 7.96. The molecule has 0 saturated carbocycles. The Kier molecular flexibility index (Phi) is 15.5. The molecule has 0 spiro atoms. The predicted octanol–water partition coefficient (Wildman–Crippen LogP) is 11.0. The molecule has 8 aromatic rings. The SMILES string of the molecule is Fc1c(F)c(F)c([B-](c2c(F)c(F)c(F)c(F)c2F)(c2c(F)c(F)c(F)c(F)c2F)c2c(F)c(F)c(F)c(F)c2F)c(F)c1F.O=C(C[P+](c1ccccc1)(c1ccccc1)c1ccccc1)c1cccc(S)c1. The maximum absolute atomic E-state index is 15.4. The van der Waals surface area contributed by atoms with Crippen LogP contribution in [0.15, 0.2) is 120 Å². The molecule has 0 aliphatic carbocycles. The average Bonchev–Trinajstić information content (AvgIpc) is 3.41. The van der Waals surface area contributed by atoms with E-state index < -0.39 is 152 Å². The van der Waals surface area contributed by atoms with Crippen molar-refractivity contribution in [1.82, 2.24) is 0 Å². The molecule has 0 fully saturated rings. The predicted molar refractivity (Wildman–Crippen MR) is 237 cm³/mol. The number of hydrogen-bond donors (Lipinski definition) is 1. The van der Waals surface area contributed by atoms with Gasteiger partial charge in [0.15, 0.2) is 69.8 Å². The zero-order valence-electron chi connectivity index (χ0n) is 36.1. The van der Waals surface area contributed by atoms with E-state index in [1.807, 2.05) is 42.5 Å². The van der Waals surface area contributed by atoms with Crippen LogP contribution in [-0.2, 0) is 0 Å². The fraction of sp³-hybridized carbons (Fsp3) is 0.0200. The van der Waals surface area contributed by atoms with Gasteiger partial charge in [0.05, 0.1) is 0 Å². The van der Waals surface area contributed by atoms with Crippen molar-refractivity contribution < 1.29 is 92.6 Å². The van der Waals surface area contributed by atoms with Crippen molar-refractivity contribution in [1.29, 1.82) is 0 Å². The van der Waals surface area contributed by atoms with Crippen molar-refractivity contribution >= 4 is 69.6 Å². The molecule has 0 aliphatic heterocycles. The molecule has 0 bridgehead atoms. The van der Waals surface area contributed by atoms with E-state index in [1.165, 1.54) is 15.9 Å². The van der Waals surface area contributed by atoms with Crippen LogP contribution < -0.4 is 37.8 Å². The Morgan fingerprint density at radius 1 is 0.324 bits per heavy atom. The quantitative estimate of drug-likeness (QED) is 0.0275. The maximum Gasteiger partial charge on any atom is 0.201 e. The van der Waals surface area contributed by atoms with Gasteiger partial charge in [-0.3, -0.25) is 4.79 Å². The summed E-state index contributed by atoms with van der Waals surface area (Å²) in [7, 11) is -2.16. The molecular formula is C50H22BF20OPS. The molecule has 74 heavy (non-hydrogen) atoms. The Morgan fingerprint density at radius 2 is 0.554 bits per heavy atom. The van der Waals surface area contributed by atoms with Crippen molar-refractivity contribution in [2.24, 2.45) is 0 Å². The topological polar surface area (TPSA) is 17.1 Å². The third-order valence-electron chi connectivity index (χ3n) is 11.8. The minimum atomic E-state index is -7.22. The smallest absolute Gasteiger partial charge is 0.201 e. The summed E-state index contributed by atoms with van der Waals surface area (Å²) in [6.45, 7) is 0. The lowest BCUT2D eigenvalue weighted by molar-refractivity contribution is 0.102. The molecule has 0 aromatic heterocycles.